The predicted octanol–water partition coefficient (Wildman–Crippen LogP) is 0.486. The number of carboxylic acids is 1. The Morgan fingerprint density at radius 1 is 1.50 bits per heavy atom. The van der Waals surface area contributed by atoms with Crippen molar-refractivity contribution in [3.63, 3.8) is 0 Å². The van der Waals surface area contributed by atoms with E-state index in [-0.39, 0.29) is 29.3 Å². The fourth-order valence-corrected chi connectivity index (χ4v) is 3.81. The Kier molecular flexibility index (Phi) is 1.48. The first kappa shape index (κ1) is 8.53. The summed E-state index contributed by atoms with van der Waals surface area (Å²) < 4.78 is 5.10. The predicted molar refractivity (Wildman–Crippen MR) is 45.7 cm³/mol. The van der Waals surface area contributed by atoms with Crippen molar-refractivity contribution in [1.82, 2.24) is 0 Å². The van der Waals surface area contributed by atoms with E-state index in [4.69, 9.17) is 21.4 Å². The quantitative estimate of drug-likeness (QED) is 0.512. The Bertz CT molecular complexity index is 329. The van der Waals surface area contributed by atoms with Crippen LogP contribution < -0.4 is 0 Å². The zero-order valence-corrected chi connectivity index (χ0v) is 7.98. The van der Waals surface area contributed by atoms with Gasteiger partial charge in [-0.1, -0.05) is 0 Å². The highest BCUT2D eigenvalue weighted by Gasteiger charge is 2.68. The number of fused-ring (bicyclic) bond motifs is 1. The molecule has 0 radical (unpaired) electrons. The minimum atomic E-state index is -0.912. The second kappa shape index (κ2) is 2.42. The molecule has 14 heavy (non-hydrogen) atoms. The average Bonchev–Trinajstić information content (AvgIpc) is 2.67. The van der Waals surface area contributed by atoms with Gasteiger partial charge in [-0.25, -0.2) is 0 Å². The van der Waals surface area contributed by atoms with Crippen LogP contribution in [-0.2, 0) is 14.3 Å². The van der Waals surface area contributed by atoms with E-state index in [1.807, 2.05) is 0 Å². The van der Waals surface area contributed by atoms with Gasteiger partial charge >= 0.3 is 11.9 Å². The third kappa shape index (κ3) is 0.764. The first-order valence-corrected chi connectivity index (χ1v) is 5.12. The molecule has 2 saturated carbocycles. The molecule has 3 aliphatic rings. The van der Waals surface area contributed by atoms with Gasteiger partial charge in [0.1, 0.15) is 6.10 Å². The number of carboxylic acid groups (broad SMARTS) is 1. The Morgan fingerprint density at radius 3 is 2.86 bits per heavy atom. The maximum Gasteiger partial charge on any atom is 0.310 e. The van der Waals surface area contributed by atoms with Crippen molar-refractivity contribution in [3.05, 3.63) is 0 Å². The highest BCUT2D eigenvalue weighted by atomic mass is 35.5. The van der Waals surface area contributed by atoms with E-state index in [0.717, 1.165) is 6.42 Å². The fraction of sp³-hybridized carbons (Fsp3) is 0.778. The second-order valence-corrected chi connectivity index (χ2v) is 4.80. The largest absolute Gasteiger partial charge is 0.481 e. The van der Waals surface area contributed by atoms with Crippen molar-refractivity contribution in [2.45, 2.75) is 17.9 Å². The lowest BCUT2D eigenvalue weighted by Crippen LogP contribution is -2.38. The molecule has 6 atom stereocenters. The molecular weight excluding hydrogens is 208 g/mol. The monoisotopic (exact) mass is 216 g/mol. The van der Waals surface area contributed by atoms with E-state index >= 15 is 0 Å². The number of hydrogen-bond donors (Lipinski definition) is 1. The molecule has 2 aliphatic carbocycles. The van der Waals surface area contributed by atoms with Gasteiger partial charge in [0.05, 0.1) is 17.2 Å². The Balaban J connectivity index is 2.04. The molecule has 4 nitrogen and oxygen atoms in total. The lowest BCUT2D eigenvalue weighted by atomic mass is 9.80. The molecule has 0 amide bonds. The van der Waals surface area contributed by atoms with Gasteiger partial charge in [-0.15, -0.1) is 11.6 Å². The topological polar surface area (TPSA) is 63.6 Å². The minimum Gasteiger partial charge on any atom is -0.481 e. The van der Waals surface area contributed by atoms with Crippen molar-refractivity contribution in [1.29, 1.82) is 0 Å². The van der Waals surface area contributed by atoms with Crippen LogP contribution in [0.4, 0.5) is 0 Å². The van der Waals surface area contributed by atoms with Crippen molar-refractivity contribution < 1.29 is 19.4 Å². The summed E-state index contributed by atoms with van der Waals surface area (Å²) in [6.07, 6.45) is 0.501. The highest BCUT2D eigenvalue weighted by molar-refractivity contribution is 6.22. The number of aliphatic carboxylic acids is 1. The molecule has 0 spiro atoms. The molecule has 1 N–H and O–H groups in total. The van der Waals surface area contributed by atoms with E-state index in [0.29, 0.717) is 0 Å². The lowest BCUT2D eigenvalue weighted by Gasteiger charge is -2.24. The van der Waals surface area contributed by atoms with Crippen LogP contribution in [0.25, 0.3) is 0 Å². The second-order valence-electron chi connectivity index (χ2n) is 4.30. The van der Waals surface area contributed by atoms with E-state index in [2.05, 4.69) is 0 Å². The van der Waals surface area contributed by atoms with Crippen LogP contribution in [0.15, 0.2) is 0 Å². The smallest absolute Gasteiger partial charge is 0.310 e. The summed E-state index contributed by atoms with van der Waals surface area (Å²) in [4.78, 5) is 22.4. The van der Waals surface area contributed by atoms with Crippen LogP contribution in [0.2, 0.25) is 0 Å². The first-order valence-electron chi connectivity index (χ1n) is 4.68. The van der Waals surface area contributed by atoms with Gasteiger partial charge in [0.15, 0.2) is 0 Å². The zero-order chi connectivity index (χ0) is 10.0. The van der Waals surface area contributed by atoms with E-state index in [9.17, 15) is 9.59 Å². The van der Waals surface area contributed by atoms with Crippen LogP contribution in [0.3, 0.4) is 0 Å². The number of esters is 1. The number of carbonyl (C=O) groups is 2. The van der Waals surface area contributed by atoms with E-state index in [1.54, 1.807) is 0 Å². The van der Waals surface area contributed by atoms with E-state index < -0.39 is 17.8 Å². The lowest BCUT2D eigenvalue weighted by molar-refractivity contribution is -0.151. The molecule has 1 heterocycles. The maximum absolute atomic E-state index is 11.4. The average molecular weight is 217 g/mol. The first-order chi connectivity index (χ1) is 6.61. The molecule has 76 valence electrons. The standard InChI is InChI=1S/C9H9ClO4/c10-6-2-1-3-5(4(2)8(11)12)9(13)14-7(3)6/h2-7H,1H2,(H,11,12)/t2-,3?,4?,5+,6?,7?/m1/s1. The molecule has 2 bridgehead atoms. The number of ether oxygens (including phenoxy) is 1. The third-order valence-corrected chi connectivity index (χ3v) is 4.38. The SMILES string of the molecule is O=C(O)C1[C@H]2CC3C(OC(=O)[C@@H]31)C2Cl. The fourth-order valence-electron chi connectivity index (χ4n) is 3.31. The van der Waals surface area contributed by atoms with Crippen LogP contribution in [-0.4, -0.2) is 28.5 Å². The highest BCUT2D eigenvalue weighted by Crippen LogP contribution is 2.59. The van der Waals surface area contributed by atoms with Crippen LogP contribution in [0, 0.1) is 23.7 Å². The molecule has 5 heteroatoms. The van der Waals surface area contributed by atoms with Gasteiger partial charge in [-0.3, -0.25) is 9.59 Å². The van der Waals surface area contributed by atoms with Gasteiger partial charge in [0.25, 0.3) is 0 Å². The van der Waals surface area contributed by atoms with Crippen LogP contribution in [0.1, 0.15) is 6.42 Å². The van der Waals surface area contributed by atoms with Gasteiger partial charge in [-0.05, 0) is 12.3 Å². The summed E-state index contributed by atoms with van der Waals surface area (Å²) in [6.45, 7) is 0. The molecule has 1 saturated heterocycles. The maximum atomic E-state index is 11.4. The summed E-state index contributed by atoms with van der Waals surface area (Å²) in [6, 6.07) is 0. The molecule has 0 aromatic heterocycles. The number of rotatable bonds is 1. The number of hydrogen-bond acceptors (Lipinski definition) is 3. The van der Waals surface area contributed by atoms with Gasteiger partial charge in [0.2, 0.25) is 0 Å². The van der Waals surface area contributed by atoms with Crippen molar-refractivity contribution in [2.24, 2.45) is 23.7 Å². The summed E-state index contributed by atoms with van der Waals surface area (Å²) in [5.41, 5.74) is 0. The van der Waals surface area contributed by atoms with Crippen LogP contribution in [0.5, 0.6) is 0 Å². The van der Waals surface area contributed by atoms with Gasteiger partial charge in [-0.2, -0.15) is 0 Å². The third-order valence-electron chi connectivity index (χ3n) is 3.81. The summed E-state index contributed by atoms with van der Waals surface area (Å²) in [7, 11) is 0. The molecule has 3 rings (SSSR count). The van der Waals surface area contributed by atoms with Crippen molar-refractivity contribution in [2.75, 3.05) is 0 Å². The summed E-state index contributed by atoms with van der Waals surface area (Å²) in [5, 5.41) is 8.72. The summed E-state index contributed by atoms with van der Waals surface area (Å²) in [5.74, 6) is -2.36. The zero-order valence-electron chi connectivity index (χ0n) is 7.22. The van der Waals surface area contributed by atoms with Crippen molar-refractivity contribution >= 4 is 23.5 Å². The molecule has 3 fully saturated rings. The Hall–Kier alpha value is -0.770. The molecule has 4 unspecified atom stereocenters. The number of halogens is 1. The Labute approximate surface area is 85.2 Å². The minimum absolute atomic E-state index is 0.0519. The summed E-state index contributed by atoms with van der Waals surface area (Å²) >= 11 is 6.07. The van der Waals surface area contributed by atoms with Gasteiger partial charge in [0, 0.05) is 5.92 Å². The molecule has 0 aromatic carbocycles. The normalized spacial score (nSPS) is 53.6. The number of alkyl halides is 1. The van der Waals surface area contributed by atoms with Crippen LogP contribution >= 0.6 is 11.6 Å². The van der Waals surface area contributed by atoms with Crippen molar-refractivity contribution in [3.8, 4) is 0 Å². The van der Waals surface area contributed by atoms with Gasteiger partial charge < -0.3 is 9.84 Å². The number of carbonyl (C=O) groups excluding carboxylic acids is 1. The molecule has 1 aliphatic heterocycles. The molecule has 0 aromatic rings. The van der Waals surface area contributed by atoms with E-state index in [1.165, 1.54) is 0 Å². The molecular formula is C9H9ClO4. The Morgan fingerprint density at radius 2 is 2.21 bits per heavy atom.